The zero-order valence-corrected chi connectivity index (χ0v) is 18.6. The minimum atomic E-state index is -4.67. The van der Waals surface area contributed by atoms with Gasteiger partial charge in [-0.2, -0.15) is 23.0 Å². The highest BCUT2D eigenvalue weighted by atomic mass is 35.5. The van der Waals surface area contributed by atoms with Gasteiger partial charge in [0.15, 0.2) is 0 Å². The van der Waals surface area contributed by atoms with E-state index in [2.05, 4.69) is 25.9 Å². The smallest absolute Gasteiger partial charge is 0.423 e. The minimum Gasteiger partial charge on any atom is -0.472 e. The van der Waals surface area contributed by atoms with Gasteiger partial charge in [0.1, 0.15) is 17.9 Å². The highest BCUT2D eigenvalue weighted by molar-refractivity contribution is 6.40. The fourth-order valence-electron chi connectivity index (χ4n) is 2.82. The van der Waals surface area contributed by atoms with Crippen LogP contribution in [0.4, 0.5) is 13.2 Å². The summed E-state index contributed by atoms with van der Waals surface area (Å²) in [6, 6.07) is 10.2. The van der Waals surface area contributed by atoms with Gasteiger partial charge >= 0.3 is 6.18 Å². The SMILES string of the molecule is CC(C)(C)c1ccc(COc2c(C(F)(F)F)cnn2-c2c(Cl)cc(Cl)cc2Cl)cc1. The minimum absolute atomic E-state index is 0.0382. The molecule has 0 saturated heterocycles. The molecular weight excluding hydrogens is 460 g/mol. The number of nitrogens with zero attached hydrogens (tertiary/aromatic N) is 2. The molecule has 0 unspecified atom stereocenters. The Morgan fingerprint density at radius 2 is 1.53 bits per heavy atom. The van der Waals surface area contributed by atoms with Gasteiger partial charge in [0.05, 0.1) is 16.2 Å². The molecule has 160 valence electrons. The zero-order chi connectivity index (χ0) is 22.3. The van der Waals surface area contributed by atoms with Crippen LogP contribution >= 0.6 is 34.8 Å². The molecule has 0 aliphatic heterocycles. The van der Waals surface area contributed by atoms with Gasteiger partial charge in [0.2, 0.25) is 5.88 Å². The molecule has 0 atom stereocenters. The Bertz CT molecular complexity index is 1030. The van der Waals surface area contributed by atoms with Gasteiger partial charge in [-0.1, -0.05) is 79.8 Å². The number of halogens is 6. The third-order valence-electron chi connectivity index (χ3n) is 4.42. The summed E-state index contributed by atoms with van der Waals surface area (Å²) >= 11 is 18.3. The van der Waals surface area contributed by atoms with E-state index in [1.165, 1.54) is 12.1 Å². The maximum atomic E-state index is 13.5. The van der Waals surface area contributed by atoms with Gasteiger partial charge in [-0.25, -0.2) is 0 Å². The lowest BCUT2D eigenvalue weighted by Crippen LogP contribution is -2.12. The molecule has 0 amide bonds. The van der Waals surface area contributed by atoms with Crippen LogP contribution in [0.25, 0.3) is 5.69 Å². The molecule has 0 fully saturated rings. The zero-order valence-electron chi connectivity index (χ0n) is 16.3. The number of ether oxygens (including phenoxy) is 1. The Kier molecular flexibility index (Phi) is 6.33. The average Bonchev–Trinajstić information content (AvgIpc) is 3.02. The maximum absolute atomic E-state index is 13.5. The van der Waals surface area contributed by atoms with Crippen LogP contribution < -0.4 is 4.74 Å². The van der Waals surface area contributed by atoms with Crippen LogP contribution in [0.3, 0.4) is 0 Å². The van der Waals surface area contributed by atoms with E-state index in [1.54, 1.807) is 0 Å². The van der Waals surface area contributed by atoms with E-state index in [0.29, 0.717) is 11.8 Å². The van der Waals surface area contributed by atoms with E-state index in [9.17, 15) is 13.2 Å². The van der Waals surface area contributed by atoms with Crippen LogP contribution in [0.1, 0.15) is 37.5 Å². The second-order valence-corrected chi connectivity index (χ2v) is 8.98. The Morgan fingerprint density at radius 1 is 0.967 bits per heavy atom. The molecule has 0 spiro atoms. The molecule has 2 aromatic carbocycles. The van der Waals surface area contributed by atoms with Crippen molar-refractivity contribution in [3.8, 4) is 11.6 Å². The predicted molar refractivity (Wildman–Crippen MR) is 113 cm³/mol. The molecule has 0 saturated carbocycles. The van der Waals surface area contributed by atoms with Crippen molar-refractivity contribution in [3.63, 3.8) is 0 Å². The molecule has 3 nitrogen and oxygen atoms in total. The van der Waals surface area contributed by atoms with E-state index in [4.69, 9.17) is 39.5 Å². The molecule has 1 aromatic heterocycles. The van der Waals surface area contributed by atoms with Gasteiger partial charge in [-0.15, -0.1) is 0 Å². The van der Waals surface area contributed by atoms with Crippen molar-refractivity contribution >= 4 is 34.8 Å². The monoisotopic (exact) mass is 476 g/mol. The van der Waals surface area contributed by atoms with E-state index in [0.717, 1.165) is 10.2 Å². The maximum Gasteiger partial charge on any atom is 0.423 e. The predicted octanol–water partition coefficient (Wildman–Crippen LogP) is 7.73. The van der Waals surface area contributed by atoms with E-state index in [1.807, 2.05) is 24.3 Å². The normalized spacial score (nSPS) is 12.3. The van der Waals surface area contributed by atoms with Crippen molar-refractivity contribution in [3.05, 3.63) is 74.4 Å². The first-order valence-corrected chi connectivity index (χ1v) is 10.0. The van der Waals surface area contributed by atoms with Crippen molar-refractivity contribution in [2.75, 3.05) is 0 Å². The molecular formula is C21H18Cl3F3N2O. The number of hydrogen-bond acceptors (Lipinski definition) is 2. The standard InChI is InChI=1S/C21H18Cl3F3N2O/c1-20(2,3)13-6-4-12(5-7-13)11-30-19-15(21(25,26)27)10-28-29(19)18-16(23)8-14(22)9-17(18)24/h4-10H,11H2,1-3H3. The highest BCUT2D eigenvalue weighted by Gasteiger charge is 2.38. The van der Waals surface area contributed by atoms with E-state index in [-0.39, 0.29) is 32.8 Å². The summed E-state index contributed by atoms with van der Waals surface area (Å²) in [5, 5.41) is 4.16. The summed E-state index contributed by atoms with van der Waals surface area (Å²) in [5.41, 5.74) is 0.792. The summed E-state index contributed by atoms with van der Waals surface area (Å²) < 4.78 is 47.1. The second kappa shape index (κ2) is 8.33. The fourth-order valence-corrected chi connectivity index (χ4v) is 3.80. The third-order valence-corrected chi connectivity index (χ3v) is 5.21. The molecule has 30 heavy (non-hydrogen) atoms. The first-order chi connectivity index (χ1) is 13.9. The molecule has 0 radical (unpaired) electrons. The lowest BCUT2D eigenvalue weighted by atomic mass is 9.87. The largest absolute Gasteiger partial charge is 0.472 e. The quantitative estimate of drug-likeness (QED) is 0.384. The molecule has 0 aliphatic carbocycles. The molecule has 1 heterocycles. The fraction of sp³-hybridized carbons (Fsp3) is 0.286. The van der Waals surface area contributed by atoms with Gasteiger partial charge < -0.3 is 4.74 Å². The van der Waals surface area contributed by atoms with E-state index < -0.39 is 17.6 Å². The summed E-state index contributed by atoms with van der Waals surface area (Å²) in [6.45, 7) is 6.13. The van der Waals surface area contributed by atoms with Crippen molar-refractivity contribution in [1.29, 1.82) is 0 Å². The highest BCUT2D eigenvalue weighted by Crippen LogP contribution is 2.41. The van der Waals surface area contributed by atoms with Crippen LogP contribution in [0.5, 0.6) is 5.88 Å². The van der Waals surface area contributed by atoms with Crippen molar-refractivity contribution in [1.82, 2.24) is 9.78 Å². The Morgan fingerprint density at radius 3 is 2.03 bits per heavy atom. The molecule has 0 N–H and O–H groups in total. The van der Waals surface area contributed by atoms with Crippen LogP contribution in [-0.2, 0) is 18.2 Å². The Labute approximate surface area is 187 Å². The van der Waals surface area contributed by atoms with Gasteiger partial charge in [0.25, 0.3) is 0 Å². The molecule has 9 heteroatoms. The number of rotatable bonds is 4. The molecule has 3 rings (SSSR count). The van der Waals surface area contributed by atoms with Crippen LogP contribution in [-0.4, -0.2) is 9.78 Å². The van der Waals surface area contributed by atoms with E-state index >= 15 is 0 Å². The van der Waals surface area contributed by atoms with Crippen LogP contribution in [0.15, 0.2) is 42.6 Å². The first-order valence-electron chi connectivity index (χ1n) is 8.90. The average molecular weight is 478 g/mol. The van der Waals surface area contributed by atoms with Gasteiger partial charge in [-0.05, 0) is 28.7 Å². The number of aromatic nitrogens is 2. The Hall–Kier alpha value is -1.89. The first kappa shape index (κ1) is 22.8. The summed E-state index contributed by atoms with van der Waals surface area (Å²) in [5.74, 6) is -0.506. The van der Waals surface area contributed by atoms with Gasteiger partial charge in [0, 0.05) is 5.02 Å². The summed E-state index contributed by atoms with van der Waals surface area (Å²) in [7, 11) is 0. The molecule has 0 bridgehead atoms. The van der Waals surface area contributed by atoms with Crippen molar-refractivity contribution < 1.29 is 17.9 Å². The number of benzene rings is 2. The lowest BCUT2D eigenvalue weighted by molar-refractivity contribution is -0.139. The number of alkyl halides is 3. The van der Waals surface area contributed by atoms with Crippen molar-refractivity contribution in [2.45, 2.75) is 39.0 Å². The van der Waals surface area contributed by atoms with Crippen LogP contribution in [0, 0.1) is 0 Å². The van der Waals surface area contributed by atoms with Crippen LogP contribution in [0.2, 0.25) is 15.1 Å². The summed E-state index contributed by atoms with van der Waals surface area (Å²) in [4.78, 5) is 0. The summed E-state index contributed by atoms with van der Waals surface area (Å²) in [6.07, 6.45) is -3.99. The van der Waals surface area contributed by atoms with Gasteiger partial charge in [-0.3, -0.25) is 0 Å². The van der Waals surface area contributed by atoms with Crippen molar-refractivity contribution in [2.24, 2.45) is 0 Å². The topological polar surface area (TPSA) is 27.1 Å². The third kappa shape index (κ3) is 4.88. The second-order valence-electron chi connectivity index (χ2n) is 7.73. The number of hydrogen-bond donors (Lipinski definition) is 0. The lowest BCUT2D eigenvalue weighted by Gasteiger charge is -2.19. The molecule has 0 aliphatic rings. The molecule has 3 aromatic rings. The Balaban J connectivity index is 1.99.